The van der Waals surface area contributed by atoms with Gasteiger partial charge >= 0.3 is 5.69 Å². The molecular formula is C9H8N2O3S. The molecule has 0 radical (unpaired) electrons. The third kappa shape index (κ3) is 1.99. The van der Waals surface area contributed by atoms with E-state index in [4.69, 9.17) is 0 Å². The van der Waals surface area contributed by atoms with E-state index in [-0.39, 0.29) is 12.4 Å². The van der Waals surface area contributed by atoms with Crippen molar-refractivity contribution >= 4 is 11.3 Å². The van der Waals surface area contributed by atoms with Crippen LogP contribution in [-0.2, 0) is 6.54 Å². The number of thiophene rings is 1. The molecular weight excluding hydrogens is 216 g/mol. The van der Waals surface area contributed by atoms with E-state index in [0.717, 1.165) is 15.5 Å². The minimum absolute atomic E-state index is 0.263. The van der Waals surface area contributed by atoms with Crippen LogP contribution in [0.25, 0.3) is 0 Å². The molecule has 2 aromatic heterocycles. The third-order valence-electron chi connectivity index (χ3n) is 1.91. The average Bonchev–Trinajstić information content (AvgIpc) is 2.63. The Morgan fingerprint density at radius 3 is 2.87 bits per heavy atom. The Bertz CT molecular complexity index is 568. The van der Waals surface area contributed by atoms with Gasteiger partial charge in [-0.15, -0.1) is 11.3 Å². The molecule has 0 unspecified atom stereocenters. The maximum Gasteiger partial charge on any atom is 0.331 e. The normalized spacial score (nSPS) is 10.4. The summed E-state index contributed by atoms with van der Waals surface area (Å²) < 4.78 is 1.10. The van der Waals surface area contributed by atoms with Crippen molar-refractivity contribution in [2.75, 3.05) is 0 Å². The molecule has 0 aliphatic carbocycles. The van der Waals surface area contributed by atoms with Gasteiger partial charge in [0.05, 0.1) is 12.6 Å². The standard InChI is InChI=1S/C9H8N2O3S/c12-7-4-8(13)11(9(14)10-7)5-6-2-1-3-15-6/h1-4,13H,5H2,(H,10,12,14). The van der Waals surface area contributed by atoms with Gasteiger partial charge in [0.1, 0.15) is 0 Å². The molecule has 0 bridgehead atoms. The molecule has 2 aromatic rings. The van der Waals surface area contributed by atoms with Gasteiger partial charge in [0.2, 0.25) is 5.88 Å². The molecule has 2 heterocycles. The van der Waals surface area contributed by atoms with E-state index < -0.39 is 11.2 Å². The molecule has 2 N–H and O–H groups in total. The Balaban J connectivity index is 2.45. The van der Waals surface area contributed by atoms with E-state index in [1.165, 1.54) is 11.3 Å². The second-order valence-electron chi connectivity index (χ2n) is 2.96. The molecule has 0 saturated heterocycles. The molecule has 0 amide bonds. The first kappa shape index (κ1) is 9.72. The lowest BCUT2D eigenvalue weighted by atomic mass is 10.4. The maximum absolute atomic E-state index is 11.3. The van der Waals surface area contributed by atoms with E-state index in [1.807, 2.05) is 17.5 Å². The van der Waals surface area contributed by atoms with Gasteiger partial charge in [-0.2, -0.15) is 0 Å². The molecule has 0 atom stereocenters. The zero-order chi connectivity index (χ0) is 10.8. The van der Waals surface area contributed by atoms with E-state index in [0.29, 0.717) is 0 Å². The highest BCUT2D eigenvalue weighted by molar-refractivity contribution is 7.09. The molecule has 0 aliphatic heterocycles. The van der Waals surface area contributed by atoms with Gasteiger partial charge in [-0.05, 0) is 11.4 Å². The van der Waals surface area contributed by atoms with Crippen molar-refractivity contribution < 1.29 is 5.11 Å². The van der Waals surface area contributed by atoms with Gasteiger partial charge in [0, 0.05) is 4.88 Å². The predicted molar refractivity (Wildman–Crippen MR) is 56.4 cm³/mol. The summed E-state index contributed by atoms with van der Waals surface area (Å²) >= 11 is 1.48. The highest BCUT2D eigenvalue weighted by Gasteiger charge is 2.05. The van der Waals surface area contributed by atoms with Crippen LogP contribution in [0.15, 0.2) is 33.2 Å². The van der Waals surface area contributed by atoms with Crippen molar-refractivity contribution in [3.8, 4) is 5.88 Å². The summed E-state index contributed by atoms with van der Waals surface area (Å²) in [4.78, 5) is 25.2. The van der Waals surface area contributed by atoms with E-state index in [2.05, 4.69) is 4.98 Å². The first-order valence-electron chi connectivity index (χ1n) is 4.22. The molecule has 15 heavy (non-hydrogen) atoms. The van der Waals surface area contributed by atoms with Crippen LogP contribution in [0.4, 0.5) is 0 Å². The lowest BCUT2D eigenvalue weighted by Crippen LogP contribution is -2.29. The highest BCUT2D eigenvalue weighted by Crippen LogP contribution is 2.11. The number of H-pyrrole nitrogens is 1. The Labute approximate surface area is 88.3 Å². The quantitative estimate of drug-likeness (QED) is 0.773. The summed E-state index contributed by atoms with van der Waals surface area (Å²) in [6.07, 6.45) is 0. The van der Waals surface area contributed by atoms with Gasteiger partial charge in [0.15, 0.2) is 0 Å². The highest BCUT2D eigenvalue weighted by atomic mass is 32.1. The minimum Gasteiger partial charge on any atom is -0.494 e. The van der Waals surface area contributed by atoms with Crippen LogP contribution in [0.2, 0.25) is 0 Å². The molecule has 78 valence electrons. The molecule has 5 nitrogen and oxygen atoms in total. The smallest absolute Gasteiger partial charge is 0.331 e. The summed E-state index contributed by atoms with van der Waals surface area (Å²) in [5, 5.41) is 11.3. The van der Waals surface area contributed by atoms with Crippen molar-refractivity contribution in [1.29, 1.82) is 0 Å². The molecule has 6 heteroatoms. The first-order chi connectivity index (χ1) is 7.16. The van der Waals surface area contributed by atoms with Gasteiger partial charge < -0.3 is 5.11 Å². The van der Waals surface area contributed by atoms with Gasteiger partial charge in [-0.25, -0.2) is 4.79 Å². The zero-order valence-electron chi connectivity index (χ0n) is 7.64. The SMILES string of the molecule is O=c1cc(O)n(Cc2cccs2)c(=O)[nH]1. The summed E-state index contributed by atoms with van der Waals surface area (Å²) in [6, 6.07) is 4.68. The largest absolute Gasteiger partial charge is 0.494 e. The van der Waals surface area contributed by atoms with Gasteiger partial charge in [-0.1, -0.05) is 6.07 Å². The monoisotopic (exact) mass is 224 g/mol. The van der Waals surface area contributed by atoms with Crippen molar-refractivity contribution in [2.24, 2.45) is 0 Å². The molecule has 0 aromatic carbocycles. The van der Waals surface area contributed by atoms with Crippen molar-refractivity contribution in [2.45, 2.75) is 6.54 Å². The fourth-order valence-electron chi connectivity index (χ4n) is 1.22. The van der Waals surface area contributed by atoms with Crippen LogP contribution in [-0.4, -0.2) is 14.7 Å². The van der Waals surface area contributed by atoms with Crippen LogP contribution in [0.1, 0.15) is 4.88 Å². The van der Waals surface area contributed by atoms with E-state index in [1.54, 1.807) is 0 Å². The molecule has 0 fully saturated rings. The predicted octanol–water partition coefficient (Wildman–Crippen LogP) is 0.352. The Kier molecular flexibility index (Phi) is 2.42. The Hall–Kier alpha value is -1.82. The van der Waals surface area contributed by atoms with Crippen molar-refractivity contribution in [3.05, 3.63) is 49.3 Å². The fraction of sp³-hybridized carbons (Fsp3) is 0.111. The van der Waals surface area contributed by atoms with Gasteiger partial charge in [0.25, 0.3) is 5.56 Å². The Morgan fingerprint density at radius 2 is 2.27 bits per heavy atom. The molecule has 0 aliphatic rings. The summed E-state index contributed by atoms with van der Waals surface area (Å²) in [7, 11) is 0. The van der Waals surface area contributed by atoms with E-state index >= 15 is 0 Å². The lowest BCUT2D eigenvalue weighted by molar-refractivity contribution is 0.410. The number of nitrogens with one attached hydrogen (secondary N) is 1. The summed E-state index contributed by atoms with van der Waals surface area (Å²) in [6.45, 7) is 0.263. The lowest BCUT2D eigenvalue weighted by Gasteiger charge is -2.04. The maximum atomic E-state index is 11.3. The van der Waals surface area contributed by atoms with E-state index in [9.17, 15) is 14.7 Å². The van der Waals surface area contributed by atoms with Crippen LogP contribution < -0.4 is 11.2 Å². The molecule has 0 spiro atoms. The first-order valence-corrected chi connectivity index (χ1v) is 5.10. The number of aromatic hydroxyl groups is 1. The summed E-state index contributed by atoms with van der Waals surface area (Å²) in [5.74, 6) is -0.322. The van der Waals surface area contributed by atoms with Crippen LogP contribution in [0, 0.1) is 0 Å². The Morgan fingerprint density at radius 1 is 1.47 bits per heavy atom. The summed E-state index contributed by atoms with van der Waals surface area (Å²) in [5.41, 5.74) is -1.20. The average molecular weight is 224 g/mol. The number of aromatic amines is 1. The topological polar surface area (TPSA) is 75.1 Å². The molecule has 0 saturated carbocycles. The van der Waals surface area contributed by atoms with Crippen LogP contribution >= 0.6 is 11.3 Å². The minimum atomic E-state index is -0.603. The second-order valence-corrected chi connectivity index (χ2v) is 3.99. The zero-order valence-corrected chi connectivity index (χ0v) is 8.45. The number of hydrogen-bond donors (Lipinski definition) is 2. The third-order valence-corrected chi connectivity index (χ3v) is 2.77. The second kappa shape index (κ2) is 3.74. The number of hydrogen-bond acceptors (Lipinski definition) is 4. The van der Waals surface area contributed by atoms with Gasteiger partial charge in [-0.3, -0.25) is 14.3 Å². The van der Waals surface area contributed by atoms with Crippen LogP contribution in [0.5, 0.6) is 5.88 Å². The fourth-order valence-corrected chi connectivity index (χ4v) is 1.91. The molecule has 2 rings (SSSR count). The number of rotatable bonds is 2. The van der Waals surface area contributed by atoms with Crippen LogP contribution in [0.3, 0.4) is 0 Å². The number of nitrogens with zero attached hydrogens (tertiary/aromatic N) is 1. The van der Waals surface area contributed by atoms with Crippen molar-refractivity contribution in [1.82, 2.24) is 9.55 Å². The van der Waals surface area contributed by atoms with Crippen molar-refractivity contribution in [3.63, 3.8) is 0 Å². The number of aromatic nitrogens is 2.